The van der Waals surface area contributed by atoms with Gasteiger partial charge < -0.3 is 19.7 Å². The van der Waals surface area contributed by atoms with Crippen LogP contribution in [0.4, 0.5) is 4.39 Å². The highest BCUT2D eigenvalue weighted by Gasteiger charge is 2.16. The first-order valence-corrected chi connectivity index (χ1v) is 10.5. The van der Waals surface area contributed by atoms with Crippen LogP contribution >= 0.6 is 11.6 Å². The minimum Gasteiger partial charge on any atom is -0.494 e. The number of likely N-dealkylation sites (N-methyl/N-ethyl adjacent to an activating group) is 1. The summed E-state index contributed by atoms with van der Waals surface area (Å²) in [5.74, 6) is -1.57. The second-order valence-electron chi connectivity index (χ2n) is 6.90. The van der Waals surface area contributed by atoms with Crippen molar-refractivity contribution in [1.29, 1.82) is 0 Å². The fraction of sp³-hybridized carbons (Fsp3) is 0.348. The van der Waals surface area contributed by atoms with Crippen LogP contribution in [0.5, 0.6) is 5.75 Å². The van der Waals surface area contributed by atoms with Crippen LogP contribution in [-0.2, 0) is 20.9 Å². The molecule has 0 bridgehead atoms. The summed E-state index contributed by atoms with van der Waals surface area (Å²) in [6, 6.07) is 10.9. The number of nitrogens with one attached hydrogen (secondary N) is 1. The van der Waals surface area contributed by atoms with Crippen molar-refractivity contribution in [3.8, 4) is 5.75 Å². The Kier molecular flexibility index (Phi) is 9.94. The first-order chi connectivity index (χ1) is 15.3. The molecule has 0 atom stereocenters. The molecule has 0 radical (unpaired) electrons. The normalized spacial score (nSPS) is 10.4. The molecule has 2 aromatic carbocycles. The van der Waals surface area contributed by atoms with Crippen LogP contribution in [-0.4, -0.2) is 49.5 Å². The maximum absolute atomic E-state index is 13.8. The Morgan fingerprint density at radius 1 is 1.12 bits per heavy atom. The Balaban J connectivity index is 1.70. The summed E-state index contributed by atoms with van der Waals surface area (Å²) < 4.78 is 23.8. The Morgan fingerprint density at radius 2 is 1.84 bits per heavy atom. The summed E-state index contributed by atoms with van der Waals surface area (Å²) in [6.45, 7) is 2.23. The largest absolute Gasteiger partial charge is 0.494 e. The molecule has 0 saturated heterocycles. The molecule has 9 heteroatoms. The molecule has 0 fully saturated rings. The number of methoxy groups -OCH3 is 1. The van der Waals surface area contributed by atoms with Gasteiger partial charge in [-0.1, -0.05) is 17.7 Å². The van der Waals surface area contributed by atoms with Crippen molar-refractivity contribution >= 4 is 29.4 Å². The van der Waals surface area contributed by atoms with Crippen molar-refractivity contribution in [1.82, 2.24) is 10.2 Å². The fourth-order valence-electron chi connectivity index (χ4n) is 2.85. The Bertz CT molecular complexity index is 936. The Hall–Kier alpha value is -3.13. The van der Waals surface area contributed by atoms with E-state index in [1.807, 2.05) is 0 Å². The fourth-order valence-corrected chi connectivity index (χ4v) is 2.97. The number of amides is 2. The Morgan fingerprint density at radius 3 is 2.47 bits per heavy atom. The van der Waals surface area contributed by atoms with Gasteiger partial charge in [-0.3, -0.25) is 14.4 Å². The maximum Gasteiger partial charge on any atom is 0.306 e. The molecule has 0 saturated carbocycles. The molecule has 2 rings (SSSR count). The predicted octanol–water partition coefficient (Wildman–Crippen LogP) is 3.59. The minimum absolute atomic E-state index is 0.0595. The smallest absolute Gasteiger partial charge is 0.306 e. The van der Waals surface area contributed by atoms with Crippen molar-refractivity contribution in [2.24, 2.45) is 0 Å². The highest BCUT2D eigenvalue weighted by molar-refractivity contribution is 6.30. The molecule has 0 aliphatic rings. The third kappa shape index (κ3) is 7.85. The predicted molar refractivity (Wildman–Crippen MR) is 118 cm³/mol. The van der Waals surface area contributed by atoms with E-state index in [2.05, 4.69) is 5.32 Å². The topological polar surface area (TPSA) is 84.9 Å². The summed E-state index contributed by atoms with van der Waals surface area (Å²) in [5, 5.41) is 3.24. The second kappa shape index (κ2) is 12.7. The molecule has 0 heterocycles. The van der Waals surface area contributed by atoms with Gasteiger partial charge in [0.05, 0.1) is 7.11 Å². The van der Waals surface area contributed by atoms with E-state index in [-0.39, 0.29) is 37.1 Å². The standard InChI is InChI=1S/C23H26ClFN2O5/c1-3-27(14-16-6-11-20(31-2)19(25)13-16)21(28)15-32-22(29)5-4-12-26-23(30)17-7-9-18(24)10-8-17/h6-11,13H,3-5,12,14-15H2,1-2H3,(H,26,30). The molecule has 32 heavy (non-hydrogen) atoms. The van der Waals surface area contributed by atoms with E-state index < -0.39 is 18.4 Å². The number of carbonyl (C=O) groups excluding carboxylic acids is 3. The van der Waals surface area contributed by atoms with Crippen LogP contribution in [0, 0.1) is 5.82 Å². The molecular weight excluding hydrogens is 439 g/mol. The first-order valence-electron chi connectivity index (χ1n) is 10.1. The monoisotopic (exact) mass is 464 g/mol. The van der Waals surface area contributed by atoms with Crippen LogP contribution in [0.1, 0.15) is 35.7 Å². The number of benzene rings is 2. The molecule has 0 spiro atoms. The zero-order chi connectivity index (χ0) is 23.5. The number of hydrogen-bond acceptors (Lipinski definition) is 5. The summed E-state index contributed by atoms with van der Waals surface area (Å²) in [4.78, 5) is 37.7. The van der Waals surface area contributed by atoms with Crippen LogP contribution < -0.4 is 10.1 Å². The van der Waals surface area contributed by atoms with Crippen molar-refractivity contribution in [2.45, 2.75) is 26.3 Å². The second-order valence-corrected chi connectivity index (χ2v) is 7.34. The highest BCUT2D eigenvalue weighted by atomic mass is 35.5. The van der Waals surface area contributed by atoms with Crippen LogP contribution in [0.25, 0.3) is 0 Å². The molecule has 2 aromatic rings. The number of halogens is 2. The van der Waals surface area contributed by atoms with Crippen LogP contribution in [0.2, 0.25) is 5.02 Å². The average Bonchev–Trinajstić information content (AvgIpc) is 2.79. The van der Waals surface area contributed by atoms with Gasteiger partial charge in [0.1, 0.15) is 0 Å². The van der Waals surface area contributed by atoms with Gasteiger partial charge >= 0.3 is 5.97 Å². The molecule has 0 aliphatic carbocycles. The molecule has 0 unspecified atom stereocenters. The number of nitrogens with zero attached hydrogens (tertiary/aromatic N) is 1. The van der Waals surface area contributed by atoms with E-state index in [1.165, 1.54) is 24.1 Å². The lowest BCUT2D eigenvalue weighted by molar-refractivity contribution is -0.152. The highest BCUT2D eigenvalue weighted by Crippen LogP contribution is 2.18. The van der Waals surface area contributed by atoms with Gasteiger partial charge in [0.2, 0.25) is 0 Å². The lowest BCUT2D eigenvalue weighted by Gasteiger charge is -2.21. The van der Waals surface area contributed by atoms with Crippen LogP contribution in [0.15, 0.2) is 42.5 Å². The molecule has 7 nitrogen and oxygen atoms in total. The van der Waals surface area contributed by atoms with E-state index in [1.54, 1.807) is 37.3 Å². The zero-order valence-corrected chi connectivity index (χ0v) is 18.8. The van der Waals surface area contributed by atoms with Gasteiger partial charge in [0.25, 0.3) is 11.8 Å². The van der Waals surface area contributed by atoms with Crippen molar-refractivity contribution in [3.63, 3.8) is 0 Å². The van der Waals surface area contributed by atoms with Gasteiger partial charge in [-0.25, -0.2) is 4.39 Å². The van der Waals surface area contributed by atoms with E-state index in [0.717, 1.165) is 0 Å². The average molecular weight is 465 g/mol. The van der Waals surface area contributed by atoms with E-state index >= 15 is 0 Å². The quantitative estimate of drug-likeness (QED) is 0.406. The minimum atomic E-state index is -0.536. The number of esters is 1. The van der Waals surface area contributed by atoms with E-state index in [4.69, 9.17) is 21.1 Å². The van der Waals surface area contributed by atoms with Gasteiger partial charge in [-0.15, -0.1) is 0 Å². The van der Waals surface area contributed by atoms with Gasteiger partial charge in [-0.2, -0.15) is 0 Å². The molecule has 0 aromatic heterocycles. The van der Waals surface area contributed by atoms with Crippen molar-refractivity contribution in [2.75, 3.05) is 26.8 Å². The maximum atomic E-state index is 13.8. The number of rotatable bonds is 11. The zero-order valence-electron chi connectivity index (χ0n) is 18.0. The molecule has 172 valence electrons. The third-order valence-electron chi connectivity index (χ3n) is 4.63. The van der Waals surface area contributed by atoms with Gasteiger partial charge in [-0.05, 0) is 55.3 Å². The van der Waals surface area contributed by atoms with Crippen molar-refractivity contribution < 1.29 is 28.2 Å². The third-order valence-corrected chi connectivity index (χ3v) is 4.88. The lowest BCUT2D eigenvalue weighted by atomic mass is 10.2. The van der Waals surface area contributed by atoms with Crippen molar-refractivity contribution in [3.05, 3.63) is 64.4 Å². The summed E-state index contributed by atoms with van der Waals surface area (Å²) in [6.07, 6.45) is 0.430. The first kappa shape index (κ1) is 25.1. The summed E-state index contributed by atoms with van der Waals surface area (Å²) in [7, 11) is 1.38. The number of carbonyl (C=O) groups is 3. The lowest BCUT2D eigenvalue weighted by Crippen LogP contribution is -2.34. The van der Waals surface area contributed by atoms with E-state index in [9.17, 15) is 18.8 Å². The van der Waals surface area contributed by atoms with Crippen LogP contribution in [0.3, 0.4) is 0 Å². The number of ether oxygens (including phenoxy) is 2. The van der Waals surface area contributed by atoms with Gasteiger partial charge in [0, 0.05) is 36.6 Å². The molecule has 0 aliphatic heterocycles. The molecule has 1 N–H and O–H groups in total. The molecular formula is C23H26ClFN2O5. The summed E-state index contributed by atoms with van der Waals surface area (Å²) >= 11 is 5.79. The summed E-state index contributed by atoms with van der Waals surface area (Å²) in [5.41, 5.74) is 1.07. The van der Waals surface area contributed by atoms with Gasteiger partial charge in [0.15, 0.2) is 18.2 Å². The molecule has 2 amide bonds. The van der Waals surface area contributed by atoms with E-state index in [0.29, 0.717) is 29.1 Å². The number of hydrogen-bond donors (Lipinski definition) is 1. The SMILES string of the molecule is CCN(Cc1ccc(OC)c(F)c1)C(=O)COC(=O)CCCNC(=O)c1ccc(Cl)cc1. The Labute approximate surface area is 191 Å².